The minimum atomic E-state index is -4.65. The molecular weight excluding hydrogens is 515 g/mol. The number of aliphatic hydroxyl groups excluding tert-OH is 1. The van der Waals surface area contributed by atoms with Gasteiger partial charge in [0.25, 0.3) is 0 Å². The number of hydrogen-bond donors (Lipinski definition) is 2. The maximum atomic E-state index is 14.9. The van der Waals surface area contributed by atoms with Gasteiger partial charge in [-0.1, -0.05) is 0 Å². The second kappa shape index (κ2) is 11.7. The molecule has 0 saturated carbocycles. The van der Waals surface area contributed by atoms with Crippen LogP contribution in [-0.2, 0) is 4.74 Å². The van der Waals surface area contributed by atoms with E-state index in [-0.39, 0.29) is 24.8 Å². The molecule has 0 radical (unpaired) electrons. The number of amides is 2. The SMILES string of the molecule is Cc1cc(F)c(NC(=O)N2C[C@@H](CF)[C@H](C(F)(F)F)C2)cc1-c1cc(OCCO)nc(N2CCOCC2)c1. The molecule has 2 saturated heterocycles. The second-order valence-electron chi connectivity index (χ2n) is 9.27. The van der Waals surface area contributed by atoms with Gasteiger partial charge in [0.05, 0.1) is 38.1 Å². The third kappa shape index (κ3) is 6.26. The molecule has 8 nitrogen and oxygen atoms in total. The van der Waals surface area contributed by atoms with E-state index >= 15 is 0 Å². The maximum absolute atomic E-state index is 14.9. The third-order valence-electron chi connectivity index (χ3n) is 6.68. The van der Waals surface area contributed by atoms with Gasteiger partial charge >= 0.3 is 12.2 Å². The number of carbonyl (C=O) groups is 1. The number of aromatic nitrogens is 1. The minimum absolute atomic E-state index is 0.0113. The van der Waals surface area contributed by atoms with Crippen molar-refractivity contribution in [3.05, 3.63) is 35.6 Å². The summed E-state index contributed by atoms with van der Waals surface area (Å²) in [5.74, 6) is -3.30. The first-order valence-electron chi connectivity index (χ1n) is 12.2. The number of aryl methyl sites for hydroxylation is 1. The number of rotatable bonds is 7. The standard InChI is InChI=1S/C25H29F5N4O4/c1-15-8-20(27)21(31-24(36)34-13-17(12-26)19(14-34)25(28,29)30)11-18(15)16-9-22(33-2-5-37-6-3-33)32-23(10-16)38-7-4-35/h8-11,17,19,35H,2-7,12-14H2,1H3,(H,31,36)/t17-,19-/m1/s1. The van der Waals surface area contributed by atoms with Gasteiger partial charge in [0.15, 0.2) is 0 Å². The average Bonchev–Trinajstić information content (AvgIpc) is 3.35. The highest BCUT2D eigenvalue weighted by Gasteiger charge is 2.50. The summed E-state index contributed by atoms with van der Waals surface area (Å²) in [6.45, 7) is 1.32. The van der Waals surface area contributed by atoms with Crippen LogP contribution in [0.2, 0.25) is 0 Å². The summed E-state index contributed by atoms with van der Waals surface area (Å²) in [6, 6.07) is 5.05. The van der Waals surface area contributed by atoms with Crippen molar-refractivity contribution < 1.29 is 41.3 Å². The van der Waals surface area contributed by atoms with E-state index in [1.807, 2.05) is 4.90 Å². The van der Waals surface area contributed by atoms with Gasteiger partial charge in [-0.2, -0.15) is 18.2 Å². The first-order valence-corrected chi connectivity index (χ1v) is 12.2. The number of morpholine rings is 1. The number of aliphatic hydroxyl groups is 1. The van der Waals surface area contributed by atoms with E-state index in [1.165, 1.54) is 12.1 Å². The van der Waals surface area contributed by atoms with Crippen LogP contribution >= 0.6 is 0 Å². The van der Waals surface area contributed by atoms with Gasteiger partial charge in [0, 0.05) is 38.2 Å². The molecule has 2 aliphatic rings. The molecule has 2 amide bonds. The predicted octanol–water partition coefficient (Wildman–Crippen LogP) is 4.02. The Hall–Kier alpha value is -3.19. The van der Waals surface area contributed by atoms with E-state index in [9.17, 15) is 26.7 Å². The summed E-state index contributed by atoms with van der Waals surface area (Å²) < 4.78 is 78.8. The number of carbonyl (C=O) groups excluding carboxylic acids is 1. The van der Waals surface area contributed by atoms with Crippen molar-refractivity contribution in [3.8, 4) is 17.0 Å². The zero-order valence-corrected chi connectivity index (χ0v) is 20.7. The molecule has 2 aliphatic heterocycles. The normalized spacial score (nSPS) is 20.1. The van der Waals surface area contributed by atoms with Crippen LogP contribution in [0, 0.1) is 24.6 Å². The van der Waals surface area contributed by atoms with E-state index in [4.69, 9.17) is 14.6 Å². The number of nitrogens with zero attached hydrogens (tertiary/aromatic N) is 3. The fourth-order valence-electron chi connectivity index (χ4n) is 4.66. The summed E-state index contributed by atoms with van der Waals surface area (Å²) in [4.78, 5) is 20.1. The fourth-order valence-corrected chi connectivity index (χ4v) is 4.66. The number of likely N-dealkylation sites (tertiary alicyclic amines) is 1. The second-order valence-corrected chi connectivity index (χ2v) is 9.27. The number of ether oxygens (including phenoxy) is 2. The first-order chi connectivity index (χ1) is 18.1. The van der Waals surface area contributed by atoms with Gasteiger partial charge in [0.2, 0.25) is 5.88 Å². The Balaban J connectivity index is 1.62. The highest BCUT2D eigenvalue weighted by molar-refractivity contribution is 5.91. The Bertz CT molecular complexity index is 1140. The molecule has 1 aromatic carbocycles. The fraction of sp³-hybridized carbons (Fsp3) is 0.520. The van der Waals surface area contributed by atoms with Crippen LogP contribution in [0.4, 0.5) is 38.3 Å². The van der Waals surface area contributed by atoms with Crippen LogP contribution in [0.3, 0.4) is 0 Å². The topological polar surface area (TPSA) is 87.2 Å². The quantitative estimate of drug-likeness (QED) is 0.513. The van der Waals surface area contributed by atoms with Crippen LogP contribution in [0.1, 0.15) is 5.56 Å². The number of nitrogens with one attached hydrogen (secondary N) is 1. The highest BCUT2D eigenvalue weighted by Crippen LogP contribution is 2.38. The van der Waals surface area contributed by atoms with Gasteiger partial charge in [-0.15, -0.1) is 0 Å². The molecule has 0 aliphatic carbocycles. The largest absolute Gasteiger partial charge is 0.475 e. The highest BCUT2D eigenvalue weighted by atomic mass is 19.4. The molecule has 3 heterocycles. The van der Waals surface area contributed by atoms with Crippen molar-refractivity contribution in [3.63, 3.8) is 0 Å². The summed E-state index contributed by atoms with van der Waals surface area (Å²) in [6.07, 6.45) is -4.65. The van der Waals surface area contributed by atoms with Gasteiger partial charge < -0.3 is 29.7 Å². The molecule has 2 N–H and O–H groups in total. The Morgan fingerprint density at radius 2 is 1.95 bits per heavy atom. The van der Waals surface area contributed by atoms with Gasteiger partial charge in [-0.05, 0) is 41.8 Å². The summed E-state index contributed by atoms with van der Waals surface area (Å²) >= 11 is 0. The van der Waals surface area contributed by atoms with Gasteiger partial charge in [-0.3, -0.25) is 4.39 Å². The summed E-state index contributed by atoms with van der Waals surface area (Å²) in [5, 5.41) is 11.5. The number of urea groups is 1. The molecule has 4 rings (SSSR count). The van der Waals surface area contributed by atoms with Crippen molar-refractivity contribution in [2.75, 3.05) is 69.5 Å². The Morgan fingerprint density at radius 1 is 1.21 bits per heavy atom. The van der Waals surface area contributed by atoms with E-state index in [0.717, 1.165) is 4.90 Å². The lowest BCUT2D eigenvalue weighted by molar-refractivity contribution is -0.181. The summed E-state index contributed by atoms with van der Waals surface area (Å²) in [7, 11) is 0. The molecule has 2 atom stereocenters. The summed E-state index contributed by atoms with van der Waals surface area (Å²) in [5.41, 5.74) is 1.43. The first kappa shape index (κ1) is 27.8. The van der Waals surface area contributed by atoms with Crippen LogP contribution in [0.15, 0.2) is 24.3 Å². The zero-order chi connectivity index (χ0) is 27.4. The van der Waals surface area contributed by atoms with Crippen LogP contribution < -0.4 is 15.0 Å². The monoisotopic (exact) mass is 544 g/mol. The van der Waals surface area contributed by atoms with E-state index < -0.39 is 49.6 Å². The van der Waals surface area contributed by atoms with Crippen molar-refractivity contribution >= 4 is 17.5 Å². The molecule has 2 aromatic rings. The maximum Gasteiger partial charge on any atom is 0.393 e. The van der Waals surface area contributed by atoms with Crippen LogP contribution in [0.25, 0.3) is 11.1 Å². The number of pyridine rings is 1. The number of alkyl halides is 4. The number of hydrogen-bond acceptors (Lipinski definition) is 6. The Labute approximate surface area is 216 Å². The number of anilines is 2. The van der Waals surface area contributed by atoms with Crippen molar-refractivity contribution in [2.45, 2.75) is 13.1 Å². The van der Waals surface area contributed by atoms with Crippen molar-refractivity contribution in [1.82, 2.24) is 9.88 Å². The smallest absolute Gasteiger partial charge is 0.393 e. The molecule has 0 spiro atoms. The lowest BCUT2D eigenvalue weighted by Gasteiger charge is -2.28. The van der Waals surface area contributed by atoms with Crippen LogP contribution in [0.5, 0.6) is 5.88 Å². The lowest BCUT2D eigenvalue weighted by atomic mass is 9.97. The van der Waals surface area contributed by atoms with E-state index in [1.54, 1.807) is 19.1 Å². The molecule has 0 bridgehead atoms. The number of benzene rings is 1. The van der Waals surface area contributed by atoms with Gasteiger partial charge in [0.1, 0.15) is 18.2 Å². The third-order valence-corrected chi connectivity index (χ3v) is 6.68. The molecule has 13 heteroatoms. The van der Waals surface area contributed by atoms with Crippen molar-refractivity contribution in [2.24, 2.45) is 11.8 Å². The number of halogens is 5. The molecule has 38 heavy (non-hydrogen) atoms. The lowest BCUT2D eigenvalue weighted by Crippen LogP contribution is -2.36. The predicted molar refractivity (Wildman–Crippen MR) is 130 cm³/mol. The molecule has 2 fully saturated rings. The Morgan fingerprint density at radius 3 is 2.58 bits per heavy atom. The molecule has 208 valence electrons. The average molecular weight is 545 g/mol. The van der Waals surface area contributed by atoms with E-state index in [0.29, 0.717) is 48.8 Å². The molecular formula is C25H29F5N4O4. The molecule has 0 unspecified atom stereocenters. The van der Waals surface area contributed by atoms with Crippen LogP contribution in [-0.4, -0.2) is 86.5 Å². The van der Waals surface area contributed by atoms with E-state index in [2.05, 4.69) is 10.3 Å². The Kier molecular flexibility index (Phi) is 8.56. The minimum Gasteiger partial charge on any atom is -0.475 e. The molecule has 1 aromatic heterocycles. The van der Waals surface area contributed by atoms with Gasteiger partial charge in [-0.25, -0.2) is 9.18 Å². The van der Waals surface area contributed by atoms with Crippen molar-refractivity contribution in [1.29, 1.82) is 0 Å². The zero-order valence-electron chi connectivity index (χ0n) is 20.7.